The van der Waals surface area contributed by atoms with Gasteiger partial charge >= 0.3 is 0 Å². The van der Waals surface area contributed by atoms with Gasteiger partial charge in [-0.25, -0.2) is 0 Å². The molecule has 0 saturated carbocycles. The second-order valence-corrected chi connectivity index (χ2v) is 7.54. The predicted molar refractivity (Wildman–Crippen MR) is 113 cm³/mol. The van der Waals surface area contributed by atoms with Gasteiger partial charge in [0, 0.05) is 24.8 Å². The number of hydrogen-bond acceptors (Lipinski definition) is 2. The Morgan fingerprint density at radius 1 is 1.07 bits per heavy atom. The lowest BCUT2D eigenvalue weighted by Crippen LogP contribution is -2.44. The Balaban J connectivity index is 1.57. The van der Waals surface area contributed by atoms with Gasteiger partial charge in [0.15, 0.2) is 0 Å². The summed E-state index contributed by atoms with van der Waals surface area (Å²) < 4.78 is 5.82. The van der Waals surface area contributed by atoms with Crippen molar-refractivity contribution in [1.82, 2.24) is 4.90 Å². The highest BCUT2D eigenvalue weighted by Gasteiger charge is 2.28. The number of likely N-dealkylation sites (tertiary alicyclic amines) is 1. The van der Waals surface area contributed by atoms with Crippen LogP contribution >= 0.6 is 0 Å². The Morgan fingerprint density at radius 3 is 2.56 bits per heavy atom. The molecule has 0 radical (unpaired) electrons. The highest BCUT2D eigenvalue weighted by Crippen LogP contribution is 2.28. The third-order valence-electron chi connectivity index (χ3n) is 5.65. The average Bonchev–Trinajstić information content (AvgIpc) is 2.73. The smallest absolute Gasteiger partial charge is 0.0621 e. The van der Waals surface area contributed by atoms with Gasteiger partial charge in [0.1, 0.15) is 0 Å². The lowest BCUT2D eigenvalue weighted by atomic mass is 9.86. The zero-order chi connectivity index (χ0) is 18.9. The highest BCUT2D eigenvalue weighted by molar-refractivity contribution is 5.34. The van der Waals surface area contributed by atoms with Gasteiger partial charge in [-0.2, -0.15) is 0 Å². The fourth-order valence-electron chi connectivity index (χ4n) is 4.04. The molecule has 142 valence electrons. The molecule has 0 spiro atoms. The molecule has 0 aromatic heterocycles. The number of terminal acetylenes is 1. The van der Waals surface area contributed by atoms with Gasteiger partial charge in [-0.3, -0.25) is 4.90 Å². The molecule has 0 amide bonds. The van der Waals surface area contributed by atoms with E-state index in [0.717, 1.165) is 37.8 Å². The van der Waals surface area contributed by atoms with Crippen molar-refractivity contribution >= 4 is 0 Å². The van der Waals surface area contributed by atoms with E-state index in [0.29, 0.717) is 6.04 Å². The van der Waals surface area contributed by atoms with Crippen molar-refractivity contribution in [1.29, 1.82) is 0 Å². The monoisotopic (exact) mass is 361 g/mol. The van der Waals surface area contributed by atoms with Crippen molar-refractivity contribution < 1.29 is 4.74 Å². The standard InChI is InChI=1S/C25H31NO/c1-3-21-10-14-24(15-11-21)19-26-17-16-23(18-25(26)20-27-4-2)13-12-22-8-6-5-7-9-22/h1,5-11,14-15,23,25H,4,12-13,16-20H2,2H3. The molecule has 2 heteroatoms. The Kier molecular flexibility index (Phi) is 7.51. The first-order valence-corrected chi connectivity index (χ1v) is 10.2. The second kappa shape index (κ2) is 10.3. The molecule has 2 nitrogen and oxygen atoms in total. The van der Waals surface area contributed by atoms with E-state index in [1.165, 1.54) is 36.8 Å². The number of ether oxygens (including phenoxy) is 1. The molecule has 3 rings (SSSR count). The van der Waals surface area contributed by atoms with Crippen molar-refractivity contribution in [2.75, 3.05) is 19.8 Å². The molecule has 0 N–H and O–H groups in total. The van der Waals surface area contributed by atoms with Crippen LogP contribution in [0.5, 0.6) is 0 Å². The van der Waals surface area contributed by atoms with Crippen LogP contribution in [-0.4, -0.2) is 30.7 Å². The number of rotatable bonds is 8. The Labute approximate surface area is 164 Å². The Morgan fingerprint density at radius 2 is 1.85 bits per heavy atom. The van der Waals surface area contributed by atoms with E-state index in [2.05, 4.69) is 60.2 Å². The summed E-state index contributed by atoms with van der Waals surface area (Å²) in [5, 5.41) is 0. The molecule has 0 aliphatic carbocycles. The molecule has 1 aliphatic rings. The van der Waals surface area contributed by atoms with Crippen molar-refractivity contribution in [3.63, 3.8) is 0 Å². The summed E-state index contributed by atoms with van der Waals surface area (Å²) in [5.41, 5.74) is 3.73. The van der Waals surface area contributed by atoms with E-state index in [1.807, 2.05) is 12.1 Å². The van der Waals surface area contributed by atoms with E-state index in [4.69, 9.17) is 11.2 Å². The molecule has 1 saturated heterocycles. The Hall–Kier alpha value is -2.08. The lowest BCUT2D eigenvalue weighted by molar-refractivity contribution is 0.0236. The van der Waals surface area contributed by atoms with Crippen LogP contribution in [0.15, 0.2) is 54.6 Å². The molecule has 2 unspecified atom stereocenters. The van der Waals surface area contributed by atoms with Crippen LogP contribution < -0.4 is 0 Å². The van der Waals surface area contributed by atoms with Gasteiger partial charge in [0.2, 0.25) is 0 Å². The minimum Gasteiger partial charge on any atom is -0.380 e. The van der Waals surface area contributed by atoms with Crippen LogP contribution in [0.25, 0.3) is 0 Å². The van der Waals surface area contributed by atoms with E-state index in [1.54, 1.807) is 0 Å². The van der Waals surface area contributed by atoms with Gasteiger partial charge in [0.05, 0.1) is 6.61 Å². The van der Waals surface area contributed by atoms with E-state index < -0.39 is 0 Å². The molecule has 1 fully saturated rings. The third kappa shape index (κ3) is 5.96. The maximum Gasteiger partial charge on any atom is 0.0621 e. The largest absolute Gasteiger partial charge is 0.380 e. The fraction of sp³-hybridized carbons (Fsp3) is 0.440. The lowest BCUT2D eigenvalue weighted by Gasteiger charge is -2.39. The predicted octanol–water partition coefficient (Wildman–Crippen LogP) is 4.92. The zero-order valence-electron chi connectivity index (χ0n) is 16.4. The van der Waals surface area contributed by atoms with Gasteiger partial charge in [-0.05, 0) is 68.3 Å². The normalized spacial score (nSPS) is 20.3. The van der Waals surface area contributed by atoms with Crippen LogP contribution in [-0.2, 0) is 17.7 Å². The quantitative estimate of drug-likeness (QED) is 0.619. The minimum absolute atomic E-state index is 0.506. The maximum atomic E-state index is 5.82. The third-order valence-corrected chi connectivity index (χ3v) is 5.65. The summed E-state index contributed by atoms with van der Waals surface area (Å²) in [4.78, 5) is 2.60. The van der Waals surface area contributed by atoms with Crippen LogP contribution in [0, 0.1) is 18.3 Å². The fourth-order valence-corrected chi connectivity index (χ4v) is 4.04. The SMILES string of the molecule is C#Cc1ccc(CN2CCC(CCc3ccccc3)CC2COCC)cc1. The molecular weight excluding hydrogens is 330 g/mol. The molecule has 0 bridgehead atoms. The average molecular weight is 362 g/mol. The number of hydrogen-bond donors (Lipinski definition) is 0. The van der Waals surface area contributed by atoms with Gasteiger partial charge < -0.3 is 4.74 Å². The first-order valence-electron chi connectivity index (χ1n) is 10.2. The van der Waals surface area contributed by atoms with Crippen LogP contribution in [0.3, 0.4) is 0 Å². The summed E-state index contributed by atoms with van der Waals surface area (Å²) in [6.07, 6.45) is 10.4. The van der Waals surface area contributed by atoms with Crippen molar-refractivity contribution in [3.05, 3.63) is 71.3 Å². The first kappa shape index (κ1) is 19.7. The van der Waals surface area contributed by atoms with Crippen molar-refractivity contribution in [2.45, 2.75) is 45.2 Å². The molecule has 2 atom stereocenters. The summed E-state index contributed by atoms with van der Waals surface area (Å²) in [6, 6.07) is 19.8. The molecule has 2 aromatic carbocycles. The summed E-state index contributed by atoms with van der Waals surface area (Å²) in [7, 11) is 0. The number of benzene rings is 2. The summed E-state index contributed by atoms with van der Waals surface area (Å²) >= 11 is 0. The van der Waals surface area contributed by atoms with Crippen LogP contribution in [0.1, 0.15) is 42.9 Å². The van der Waals surface area contributed by atoms with Gasteiger partial charge in [-0.15, -0.1) is 6.42 Å². The van der Waals surface area contributed by atoms with Gasteiger partial charge in [-0.1, -0.05) is 48.4 Å². The van der Waals surface area contributed by atoms with Crippen molar-refractivity contribution in [2.24, 2.45) is 5.92 Å². The topological polar surface area (TPSA) is 12.5 Å². The maximum absolute atomic E-state index is 5.82. The van der Waals surface area contributed by atoms with Crippen LogP contribution in [0.4, 0.5) is 0 Å². The Bertz CT molecular complexity index is 716. The van der Waals surface area contributed by atoms with Crippen LogP contribution in [0.2, 0.25) is 0 Å². The van der Waals surface area contributed by atoms with E-state index >= 15 is 0 Å². The van der Waals surface area contributed by atoms with E-state index in [-0.39, 0.29) is 0 Å². The van der Waals surface area contributed by atoms with Gasteiger partial charge in [0.25, 0.3) is 0 Å². The molecule has 1 heterocycles. The number of piperidine rings is 1. The number of aryl methyl sites for hydroxylation is 1. The number of nitrogens with zero attached hydrogens (tertiary/aromatic N) is 1. The molecular formula is C25H31NO. The summed E-state index contributed by atoms with van der Waals surface area (Å²) in [6.45, 7) is 5.83. The zero-order valence-corrected chi connectivity index (χ0v) is 16.4. The second-order valence-electron chi connectivity index (χ2n) is 7.54. The van der Waals surface area contributed by atoms with Crippen molar-refractivity contribution in [3.8, 4) is 12.3 Å². The van der Waals surface area contributed by atoms with E-state index in [9.17, 15) is 0 Å². The first-order chi connectivity index (χ1) is 13.3. The summed E-state index contributed by atoms with van der Waals surface area (Å²) in [5.74, 6) is 3.48. The minimum atomic E-state index is 0.506. The highest BCUT2D eigenvalue weighted by atomic mass is 16.5. The molecule has 1 aliphatic heterocycles. The molecule has 2 aromatic rings. The molecule has 27 heavy (non-hydrogen) atoms.